The Balaban J connectivity index is 1.53. The molecular weight excluding hydrogens is 352 g/mol. The molecule has 2 aromatic carbocycles. The lowest BCUT2D eigenvalue weighted by Gasteiger charge is -2.51. The number of methoxy groups -OCH3 is 1. The van der Waals surface area contributed by atoms with E-state index in [2.05, 4.69) is 18.7 Å². The second-order valence-corrected chi connectivity index (χ2v) is 7.64. The van der Waals surface area contributed by atoms with E-state index in [4.69, 9.17) is 4.74 Å². The first-order chi connectivity index (χ1) is 13.6. The molecule has 0 bridgehead atoms. The number of hydrogen-bond donors (Lipinski definition) is 0. The summed E-state index contributed by atoms with van der Waals surface area (Å²) in [6, 6.07) is 17.5. The predicted octanol–water partition coefficient (Wildman–Crippen LogP) is 2.95. The standard InChI is InChI=1S/C23H24N2O3/c1-3-21(26)24-13-20(17-7-5-4-6-8-17)23(14-24)15-25(16-23)22(27)18-9-11-19(28-2)12-10-18/h3-12,20H,1,13-16H2,2H3/t20-/m1/s1. The SMILES string of the molecule is C=CC(=O)N1C[C@H](c2ccccc2)C2(C1)CN(C(=O)c1ccc(OC)cc1)C2. The Kier molecular flexibility index (Phi) is 4.67. The Hall–Kier alpha value is -3.08. The Morgan fingerprint density at radius 1 is 1.04 bits per heavy atom. The van der Waals surface area contributed by atoms with Gasteiger partial charge in [0.2, 0.25) is 5.91 Å². The molecule has 0 aliphatic carbocycles. The van der Waals surface area contributed by atoms with Crippen molar-refractivity contribution in [1.82, 2.24) is 9.80 Å². The monoisotopic (exact) mass is 376 g/mol. The van der Waals surface area contributed by atoms with Gasteiger partial charge >= 0.3 is 0 Å². The number of hydrogen-bond acceptors (Lipinski definition) is 3. The summed E-state index contributed by atoms with van der Waals surface area (Å²) in [7, 11) is 1.61. The average Bonchev–Trinajstić information content (AvgIpc) is 3.13. The van der Waals surface area contributed by atoms with E-state index in [0.717, 1.165) is 5.75 Å². The highest BCUT2D eigenvalue weighted by molar-refractivity contribution is 5.95. The summed E-state index contributed by atoms with van der Waals surface area (Å²) in [5.74, 6) is 0.930. The highest BCUT2D eigenvalue weighted by Gasteiger charge is 2.56. The van der Waals surface area contributed by atoms with Crippen LogP contribution < -0.4 is 4.74 Å². The van der Waals surface area contributed by atoms with Crippen LogP contribution in [-0.2, 0) is 4.79 Å². The summed E-state index contributed by atoms with van der Waals surface area (Å²) >= 11 is 0. The zero-order valence-corrected chi connectivity index (χ0v) is 16.0. The number of ether oxygens (including phenoxy) is 1. The lowest BCUT2D eigenvalue weighted by atomic mass is 9.69. The molecule has 5 nitrogen and oxygen atoms in total. The largest absolute Gasteiger partial charge is 0.497 e. The molecule has 0 N–H and O–H groups in total. The first-order valence-corrected chi connectivity index (χ1v) is 9.46. The first-order valence-electron chi connectivity index (χ1n) is 9.46. The molecule has 4 rings (SSSR count). The van der Waals surface area contributed by atoms with Gasteiger partial charge in [-0.2, -0.15) is 0 Å². The second-order valence-electron chi connectivity index (χ2n) is 7.64. The molecule has 2 aliphatic heterocycles. The zero-order chi connectivity index (χ0) is 19.7. The topological polar surface area (TPSA) is 49.9 Å². The number of amides is 2. The molecule has 2 heterocycles. The fourth-order valence-electron chi connectivity index (χ4n) is 4.50. The van der Waals surface area contributed by atoms with Gasteiger partial charge in [-0.3, -0.25) is 9.59 Å². The molecule has 144 valence electrons. The number of likely N-dealkylation sites (tertiary alicyclic amines) is 2. The van der Waals surface area contributed by atoms with Crippen molar-refractivity contribution in [1.29, 1.82) is 0 Å². The third kappa shape index (κ3) is 3.07. The van der Waals surface area contributed by atoms with E-state index in [1.807, 2.05) is 28.0 Å². The average molecular weight is 376 g/mol. The van der Waals surface area contributed by atoms with Crippen LogP contribution in [0, 0.1) is 5.41 Å². The normalized spacial score (nSPS) is 20.0. The van der Waals surface area contributed by atoms with E-state index in [1.165, 1.54) is 11.6 Å². The molecule has 2 aliphatic rings. The molecule has 1 spiro atoms. The van der Waals surface area contributed by atoms with Crippen molar-refractivity contribution in [2.45, 2.75) is 5.92 Å². The minimum atomic E-state index is -0.0951. The zero-order valence-electron chi connectivity index (χ0n) is 16.0. The van der Waals surface area contributed by atoms with E-state index < -0.39 is 0 Å². The Labute approximate surface area is 165 Å². The molecule has 2 amide bonds. The lowest BCUT2D eigenvalue weighted by molar-refractivity contribution is -0.125. The molecule has 0 saturated carbocycles. The van der Waals surface area contributed by atoms with Crippen LogP contribution >= 0.6 is 0 Å². The summed E-state index contributed by atoms with van der Waals surface area (Å²) in [5, 5.41) is 0. The van der Waals surface area contributed by atoms with Crippen LogP contribution in [0.2, 0.25) is 0 Å². The van der Waals surface area contributed by atoms with Gasteiger partial charge in [0.25, 0.3) is 5.91 Å². The minimum Gasteiger partial charge on any atom is -0.497 e. The van der Waals surface area contributed by atoms with Crippen LogP contribution in [0.4, 0.5) is 0 Å². The van der Waals surface area contributed by atoms with Crippen LogP contribution in [-0.4, -0.2) is 54.9 Å². The van der Waals surface area contributed by atoms with Crippen molar-refractivity contribution >= 4 is 11.8 Å². The van der Waals surface area contributed by atoms with Gasteiger partial charge in [-0.15, -0.1) is 0 Å². The summed E-state index contributed by atoms with van der Waals surface area (Å²) < 4.78 is 5.16. The first kappa shape index (κ1) is 18.3. The quantitative estimate of drug-likeness (QED) is 0.771. The van der Waals surface area contributed by atoms with Crippen LogP contribution in [0.1, 0.15) is 21.8 Å². The number of carbonyl (C=O) groups excluding carboxylic acids is 2. The minimum absolute atomic E-state index is 0.0218. The molecule has 2 saturated heterocycles. The molecule has 0 unspecified atom stereocenters. The lowest BCUT2D eigenvalue weighted by Crippen LogP contribution is -2.61. The molecule has 1 atom stereocenters. The maximum Gasteiger partial charge on any atom is 0.253 e. The van der Waals surface area contributed by atoms with Crippen molar-refractivity contribution in [3.63, 3.8) is 0 Å². The number of carbonyl (C=O) groups is 2. The van der Waals surface area contributed by atoms with Gasteiger partial charge in [0.15, 0.2) is 0 Å². The van der Waals surface area contributed by atoms with E-state index in [-0.39, 0.29) is 23.1 Å². The Morgan fingerprint density at radius 2 is 1.68 bits per heavy atom. The van der Waals surface area contributed by atoms with E-state index in [0.29, 0.717) is 31.7 Å². The molecular formula is C23H24N2O3. The summed E-state index contributed by atoms with van der Waals surface area (Å²) in [4.78, 5) is 28.8. The number of benzene rings is 2. The van der Waals surface area contributed by atoms with E-state index in [1.54, 1.807) is 31.4 Å². The van der Waals surface area contributed by atoms with E-state index in [9.17, 15) is 9.59 Å². The van der Waals surface area contributed by atoms with Crippen LogP contribution in [0.5, 0.6) is 5.75 Å². The third-order valence-corrected chi connectivity index (χ3v) is 5.97. The highest BCUT2D eigenvalue weighted by Crippen LogP contribution is 2.49. The molecule has 2 fully saturated rings. The van der Waals surface area contributed by atoms with Gasteiger partial charge in [0, 0.05) is 43.1 Å². The smallest absolute Gasteiger partial charge is 0.253 e. The van der Waals surface area contributed by atoms with Gasteiger partial charge in [-0.05, 0) is 35.9 Å². The summed E-state index contributed by atoms with van der Waals surface area (Å²) in [6.07, 6.45) is 1.38. The fraction of sp³-hybridized carbons (Fsp3) is 0.304. The van der Waals surface area contributed by atoms with Crippen molar-refractivity contribution in [3.05, 3.63) is 78.4 Å². The van der Waals surface area contributed by atoms with Crippen molar-refractivity contribution in [2.75, 3.05) is 33.3 Å². The van der Waals surface area contributed by atoms with Crippen molar-refractivity contribution in [2.24, 2.45) is 5.41 Å². The second kappa shape index (κ2) is 7.15. The summed E-state index contributed by atoms with van der Waals surface area (Å²) in [5.41, 5.74) is 1.78. The maximum atomic E-state index is 12.9. The number of nitrogens with zero attached hydrogens (tertiary/aromatic N) is 2. The van der Waals surface area contributed by atoms with Gasteiger partial charge < -0.3 is 14.5 Å². The molecule has 2 aromatic rings. The predicted molar refractivity (Wildman–Crippen MR) is 107 cm³/mol. The third-order valence-electron chi connectivity index (χ3n) is 5.97. The highest BCUT2D eigenvalue weighted by atomic mass is 16.5. The molecule has 0 radical (unpaired) electrons. The molecule has 28 heavy (non-hydrogen) atoms. The number of rotatable bonds is 4. The Morgan fingerprint density at radius 3 is 2.29 bits per heavy atom. The van der Waals surface area contributed by atoms with Crippen LogP contribution in [0.15, 0.2) is 67.3 Å². The summed E-state index contributed by atoms with van der Waals surface area (Å²) in [6.45, 7) is 6.25. The van der Waals surface area contributed by atoms with Crippen molar-refractivity contribution < 1.29 is 14.3 Å². The molecule has 5 heteroatoms. The molecule has 0 aromatic heterocycles. The van der Waals surface area contributed by atoms with E-state index >= 15 is 0 Å². The fourth-order valence-corrected chi connectivity index (χ4v) is 4.50. The maximum absolute atomic E-state index is 12.9. The van der Waals surface area contributed by atoms with Crippen LogP contribution in [0.3, 0.4) is 0 Å². The van der Waals surface area contributed by atoms with Gasteiger partial charge in [-0.1, -0.05) is 36.9 Å². The van der Waals surface area contributed by atoms with Crippen molar-refractivity contribution in [3.8, 4) is 5.75 Å². The van der Waals surface area contributed by atoms with Crippen LogP contribution in [0.25, 0.3) is 0 Å². The Bertz CT molecular complexity index is 886. The van der Waals surface area contributed by atoms with Gasteiger partial charge in [-0.25, -0.2) is 0 Å². The van der Waals surface area contributed by atoms with Gasteiger partial charge in [0.1, 0.15) is 5.75 Å². The van der Waals surface area contributed by atoms with Gasteiger partial charge in [0.05, 0.1) is 7.11 Å².